The number of rotatable bonds is 0. The maximum Gasteiger partial charge on any atom is 2.00 e. The molecular formula is C11H18W. The summed E-state index contributed by atoms with van der Waals surface area (Å²) in [6, 6.07) is 0. The molecule has 0 aromatic carbocycles. The predicted octanol–water partition coefficient (Wildman–Crippen LogP) is 3.40. The van der Waals surface area contributed by atoms with Crippen LogP contribution in [0.1, 0.15) is 33.6 Å². The van der Waals surface area contributed by atoms with Crippen LogP contribution in [0.4, 0.5) is 0 Å². The molecule has 0 radical (unpaired) electrons. The minimum absolute atomic E-state index is 0. The number of fused-ring (bicyclic) bond motifs is 2. The van der Waals surface area contributed by atoms with Gasteiger partial charge in [-0.05, 0) is 0 Å². The van der Waals surface area contributed by atoms with Gasteiger partial charge in [0.15, 0.2) is 0 Å². The summed E-state index contributed by atoms with van der Waals surface area (Å²) in [6.45, 7) is 6.25. The van der Waals surface area contributed by atoms with Gasteiger partial charge < -0.3 is 12.3 Å². The number of hydrogen-bond acceptors (Lipinski definition) is 0. The molecule has 2 aliphatic carbocycles. The molecule has 0 N–H and O–H groups in total. The third-order valence-electron chi connectivity index (χ3n) is 1.95. The van der Waals surface area contributed by atoms with E-state index in [9.17, 15) is 0 Å². The van der Waals surface area contributed by atoms with Gasteiger partial charge in [-0.15, -0.1) is 12.0 Å². The van der Waals surface area contributed by atoms with E-state index in [1.165, 1.54) is 18.8 Å². The fraction of sp³-hybridized carbons (Fsp3) is 0.636. The summed E-state index contributed by atoms with van der Waals surface area (Å²) >= 11 is 0. The van der Waals surface area contributed by atoms with Crippen LogP contribution in [-0.4, -0.2) is 0 Å². The van der Waals surface area contributed by atoms with Gasteiger partial charge in [0.25, 0.3) is 0 Å². The van der Waals surface area contributed by atoms with Crippen molar-refractivity contribution in [3.05, 3.63) is 24.5 Å². The molecular weight excluding hydrogens is 316 g/mol. The van der Waals surface area contributed by atoms with E-state index < -0.39 is 0 Å². The maximum absolute atomic E-state index is 2.42. The Morgan fingerprint density at radius 2 is 1.83 bits per heavy atom. The molecule has 2 atom stereocenters. The van der Waals surface area contributed by atoms with Crippen molar-refractivity contribution in [1.82, 2.24) is 0 Å². The summed E-state index contributed by atoms with van der Waals surface area (Å²) in [5, 5.41) is 0. The summed E-state index contributed by atoms with van der Waals surface area (Å²) in [5.74, 6) is 3.22. The van der Waals surface area contributed by atoms with Crippen LogP contribution >= 0.6 is 0 Å². The van der Waals surface area contributed by atoms with E-state index in [4.69, 9.17) is 0 Å². The molecule has 0 heterocycles. The molecule has 0 saturated heterocycles. The van der Waals surface area contributed by atoms with Crippen molar-refractivity contribution in [2.45, 2.75) is 33.6 Å². The van der Waals surface area contributed by atoms with Gasteiger partial charge in [0, 0.05) is 0 Å². The Morgan fingerprint density at radius 1 is 1.25 bits per heavy atom. The van der Waals surface area contributed by atoms with Gasteiger partial charge in [-0.2, -0.15) is 27.2 Å². The summed E-state index contributed by atoms with van der Waals surface area (Å²) in [7, 11) is 0. The second kappa shape index (κ2) is 5.97. The van der Waals surface area contributed by atoms with Crippen molar-refractivity contribution in [2.24, 2.45) is 11.8 Å². The van der Waals surface area contributed by atoms with Gasteiger partial charge >= 0.3 is 21.1 Å². The summed E-state index contributed by atoms with van der Waals surface area (Å²) in [6.07, 6.45) is 9.87. The average Bonchev–Trinajstić information content (AvgIpc) is 2.45. The summed E-state index contributed by atoms with van der Waals surface area (Å²) < 4.78 is 0. The fourth-order valence-electron chi connectivity index (χ4n) is 1.51. The van der Waals surface area contributed by atoms with Gasteiger partial charge in [-0.1, -0.05) is 18.4 Å². The molecule has 0 aromatic rings. The standard InChI is InChI=1S/C7H9.C4H9.W/c1-2-7-4-3-6(1)5-7;1-4(2)3;/h1-3,6-7H,4-5H2;1-3H3;/q2*-1;+2. The Bertz CT molecular complexity index is 123. The van der Waals surface area contributed by atoms with Crippen LogP contribution in [0.15, 0.2) is 12.2 Å². The normalized spacial score (nSPS) is 29.7. The molecule has 1 heteroatoms. The Labute approximate surface area is 91.1 Å². The molecule has 0 nitrogen and oxygen atoms in total. The van der Waals surface area contributed by atoms with E-state index >= 15 is 0 Å². The van der Waals surface area contributed by atoms with Crippen LogP contribution in [0.5, 0.6) is 0 Å². The van der Waals surface area contributed by atoms with E-state index in [2.05, 4.69) is 39.3 Å². The van der Waals surface area contributed by atoms with Gasteiger partial charge in [0.05, 0.1) is 0 Å². The molecule has 2 bridgehead atoms. The van der Waals surface area contributed by atoms with Crippen molar-refractivity contribution >= 4 is 0 Å². The van der Waals surface area contributed by atoms with Crippen LogP contribution < -0.4 is 0 Å². The molecule has 0 aliphatic heterocycles. The number of hydrogen-bond donors (Lipinski definition) is 0. The topological polar surface area (TPSA) is 0 Å². The van der Waals surface area contributed by atoms with Crippen molar-refractivity contribution < 1.29 is 21.1 Å². The molecule has 0 spiro atoms. The first kappa shape index (κ1) is 12.4. The van der Waals surface area contributed by atoms with E-state index in [1.807, 2.05) is 0 Å². The molecule has 1 saturated carbocycles. The molecule has 2 aliphatic rings. The van der Waals surface area contributed by atoms with E-state index in [-0.39, 0.29) is 21.1 Å². The van der Waals surface area contributed by atoms with Crippen LogP contribution in [-0.2, 0) is 21.1 Å². The van der Waals surface area contributed by atoms with E-state index in [0.29, 0.717) is 0 Å². The minimum Gasteiger partial charge on any atom is -0.323 e. The molecule has 0 amide bonds. The zero-order valence-corrected chi connectivity index (χ0v) is 11.1. The smallest absolute Gasteiger partial charge is 0.323 e. The first-order valence-electron chi connectivity index (χ1n) is 4.47. The predicted molar refractivity (Wildman–Crippen MR) is 49.9 cm³/mol. The Kier molecular flexibility index (Phi) is 6.18. The van der Waals surface area contributed by atoms with Crippen molar-refractivity contribution in [2.75, 3.05) is 0 Å². The molecule has 2 rings (SSSR count). The van der Waals surface area contributed by atoms with Crippen LogP contribution in [0.2, 0.25) is 0 Å². The quantitative estimate of drug-likeness (QED) is 0.471. The van der Waals surface area contributed by atoms with Gasteiger partial charge in [-0.25, -0.2) is 0 Å². The summed E-state index contributed by atoms with van der Waals surface area (Å²) in [5.41, 5.74) is 0. The molecule has 0 aromatic heterocycles. The Morgan fingerprint density at radius 3 is 1.92 bits per heavy atom. The largest absolute Gasteiger partial charge is 2.00 e. The van der Waals surface area contributed by atoms with Gasteiger partial charge in [0.2, 0.25) is 0 Å². The first-order chi connectivity index (χ1) is 5.18. The zero-order chi connectivity index (χ0) is 8.27. The monoisotopic (exact) mass is 334 g/mol. The van der Waals surface area contributed by atoms with Crippen LogP contribution in [0.3, 0.4) is 0 Å². The molecule has 2 unspecified atom stereocenters. The minimum atomic E-state index is 0. The van der Waals surface area contributed by atoms with Crippen molar-refractivity contribution in [1.29, 1.82) is 0 Å². The van der Waals surface area contributed by atoms with Crippen LogP contribution in [0.25, 0.3) is 0 Å². The first-order valence-corrected chi connectivity index (χ1v) is 4.47. The van der Waals surface area contributed by atoms with Crippen LogP contribution in [0, 0.1) is 24.2 Å². The second-order valence-electron chi connectivity index (χ2n) is 4.02. The number of allylic oxidation sites excluding steroid dienone is 2. The third kappa shape index (κ3) is 4.45. The molecule has 68 valence electrons. The SMILES string of the molecule is C1=CC2C[CH-]C1C2.C[C-](C)C.[W+2]. The zero-order valence-electron chi connectivity index (χ0n) is 8.21. The van der Waals surface area contributed by atoms with Crippen molar-refractivity contribution in [3.63, 3.8) is 0 Å². The average molecular weight is 334 g/mol. The molecule has 12 heavy (non-hydrogen) atoms. The Hall–Kier alpha value is 0.428. The van der Waals surface area contributed by atoms with Gasteiger partial charge in [-0.3, -0.25) is 0 Å². The third-order valence-corrected chi connectivity index (χ3v) is 1.95. The van der Waals surface area contributed by atoms with Gasteiger partial charge in [0.1, 0.15) is 0 Å². The van der Waals surface area contributed by atoms with E-state index in [0.717, 1.165) is 11.8 Å². The molecule has 1 fully saturated rings. The second-order valence-corrected chi connectivity index (χ2v) is 4.02. The fourth-order valence-corrected chi connectivity index (χ4v) is 1.51. The van der Waals surface area contributed by atoms with E-state index in [1.54, 1.807) is 0 Å². The maximum atomic E-state index is 2.42. The Balaban J connectivity index is 0.000000217. The van der Waals surface area contributed by atoms with Crippen molar-refractivity contribution in [3.8, 4) is 0 Å². The summed E-state index contributed by atoms with van der Waals surface area (Å²) in [4.78, 5) is 0.